The number of benzene rings is 1. The van der Waals surface area contributed by atoms with E-state index in [9.17, 15) is 4.79 Å². The van der Waals surface area contributed by atoms with E-state index in [-0.39, 0.29) is 24.2 Å². The summed E-state index contributed by atoms with van der Waals surface area (Å²) in [4.78, 5) is 17.4. The molecule has 0 radical (unpaired) electrons. The van der Waals surface area contributed by atoms with Crippen molar-refractivity contribution in [3.05, 3.63) is 30.0 Å². The minimum absolute atomic E-state index is 0.0396. The molecule has 2 unspecified atom stereocenters. The molecule has 6 heteroatoms. The fourth-order valence-corrected chi connectivity index (χ4v) is 4.99. The lowest BCUT2D eigenvalue weighted by atomic mass is 9.90. The van der Waals surface area contributed by atoms with Crippen LogP contribution in [0, 0.1) is 0 Å². The Morgan fingerprint density at radius 3 is 2.43 bits per heavy atom. The van der Waals surface area contributed by atoms with Gasteiger partial charge in [-0.2, -0.15) is 0 Å². The summed E-state index contributed by atoms with van der Waals surface area (Å²) in [5, 5.41) is 0.930. The summed E-state index contributed by atoms with van der Waals surface area (Å²) in [7, 11) is 0. The number of piperidine rings is 1. The lowest BCUT2D eigenvalue weighted by molar-refractivity contribution is -0.0591. The van der Waals surface area contributed by atoms with E-state index in [2.05, 4.69) is 4.90 Å². The molecule has 3 fully saturated rings. The summed E-state index contributed by atoms with van der Waals surface area (Å²) < 4.78 is 17.9. The van der Waals surface area contributed by atoms with Gasteiger partial charge in [0.1, 0.15) is 17.4 Å². The van der Waals surface area contributed by atoms with Crippen LogP contribution in [0.25, 0.3) is 11.0 Å². The smallest absolute Gasteiger partial charge is 0.289 e. The van der Waals surface area contributed by atoms with Crippen LogP contribution in [0.4, 0.5) is 0 Å². The number of rotatable bonds is 4. The van der Waals surface area contributed by atoms with Crippen molar-refractivity contribution < 1.29 is 18.7 Å². The number of amides is 1. The molecule has 2 atom stereocenters. The molecular weight excluding hydrogens is 380 g/mol. The molecule has 0 spiro atoms. The predicted octanol–water partition coefficient (Wildman–Crippen LogP) is 4.08. The maximum Gasteiger partial charge on any atom is 0.289 e. The van der Waals surface area contributed by atoms with Crippen LogP contribution < -0.4 is 4.74 Å². The maximum atomic E-state index is 12.9. The normalized spacial score (nSPS) is 26.7. The maximum absolute atomic E-state index is 12.9. The van der Waals surface area contributed by atoms with Crippen LogP contribution >= 0.6 is 0 Å². The molecule has 0 N–H and O–H groups in total. The SMILES string of the molecule is CC1CN(C(=O)c2cc3ccc(OC4CCN(C5CCC5)CC4)cc3o2)CC(C)O1. The molecule has 0 bridgehead atoms. The van der Waals surface area contributed by atoms with Crippen LogP contribution in [0.5, 0.6) is 5.75 Å². The van der Waals surface area contributed by atoms with Gasteiger partial charge in [0.15, 0.2) is 5.76 Å². The zero-order valence-electron chi connectivity index (χ0n) is 18.0. The van der Waals surface area contributed by atoms with Gasteiger partial charge >= 0.3 is 0 Å². The van der Waals surface area contributed by atoms with Crippen molar-refractivity contribution in [2.45, 2.75) is 70.3 Å². The van der Waals surface area contributed by atoms with Gasteiger partial charge in [0.2, 0.25) is 0 Å². The van der Waals surface area contributed by atoms with Crippen LogP contribution in [0.1, 0.15) is 56.5 Å². The van der Waals surface area contributed by atoms with Gasteiger partial charge in [0.05, 0.1) is 12.2 Å². The largest absolute Gasteiger partial charge is 0.490 e. The first-order chi connectivity index (χ1) is 14.5. The summed E-state index contributed by atoms with van der Waals surface area (Å²) in [6.07, 6.45) is 6.60. The first-order valence-corrected chi connectivity index (χ1v) is 11.4. The van der Waals surface area contributed by atoms with Crippen molar-refractivity contribution in [2.75, 3.05) is 26.2 Å². The Balaban J connectivity index is 1.23. The van der Waals surface area contributed by atoms with E-state index in [0.29, 0.717) is 24.4 Å². The Labute approximate surface area is 178 Å². The number of nitrogens with zero attached hydrogens (tertiary/aromatic N) is 2. The van der Waals surface area contributed by atoms with E-state index in [1.165, 1.54) is 19.3 Å². The van der Waals surface area contributed by atoms with E-state index >= 15 is 0 Å². The van der Waals surface area contributed by atoms with Gasteiger partial charge in [-0.05, 0) is 57.7 Å². The van der Waals surface area contributed by atoms with Crippen molar-refractivity contribution in [3.63, 3.8) is 0 Å². The zero-order valence-corrected chi connectivity index (χ0v) is 18.0. The van der Waals surface area contributed by atoms with Crippen LogP contribution in [0.2, 0.25) is 0 Å². The molecule has 162 valence electrons. The Morgan fingerprint density at radius 1 is 1.03 bits per heavy atom. The average molecular weight is 413 g/mol. The van der Waals surface area contributed by atoms with Crippen LogP contribution in [0.15, 0.2) is 28.7 Å². The van der Waals surface area contributed by atoms with Crippen LogP contribution in [-0.4, -0.2) is 66.2 Å². The monoisotopic (exact) mass is 412 g/mol. The molecule has 5 rings (SSSR count). The van der Waals surface area contributed by atoms with Gasteiger partial charge in [-0.3, -0.25) is 4.79 Å². The molecule has 6 nitrogen and oxygen atoms in total. The lowest BCUT2D eigenvalue weighted by Crippen LogP contribution is -2.48. The molecule has 2 saturated heterocycles. The fraction of sp³-hybridized carbons (Fsp3) is 0.625. The Hall–Kier alpha value is -2.05. The summed E-state index contributed by atoms with van der Waals surface area (Å²) in [5.74, 6) is 1.14. The topological polar surface area (TPSA) is 55.2 Å². The number of carbonyl (C=O) groups is 1. The molecule has 2 aromatic rings. The highest BCUT2D eigenvalue weighted by molar-refractivity contribution is 5.96. The quantitative estimate of drug-likeness (QED) is 0.757. The number of carbonyl (C=O) groups excluding carboxylic acids is 1. The summed E-state index contributed by atoms with van der Waals surface area (Å²) in [6, 6.07) is 8.56. The molecular formula is C24H32N2O4. The van der Waals surface area contributed by atoms with Crippen molar-refractivity contribution in [3.8, 4) is 5.75 Å². The molecule has 1 aromatic carbocycles. The number of hydrogen-bond acceptors (Lipinski definition) is 5. The summed E-state index contributed by atoms with van der Waals surface area (Å²) >= 11 is 0. The van der Waals surface area contributed by atoms with Gasteiger partial charge in [-0.25, -0.2) is 0 Å². The highest BCUT2D eigenvalue weighted by Crippen LogP contribution is 2.30. The molecule has 1 saturated carbocycles. The van der Waals surface area contributed by atoms with Crippen molar-refractivity contribution >= 4 is 16.9 Å². The highest BCUT2D eigenvalue weighted by Gasteiger charge is 2.30. The second-order valence-electron chi connectivity index (χ2n) is 9.22. The van der Waals surface area contributed by atoms with Gasteiger partial charge < -0.3 is 23.7 Å². The number of morpholine rings is 1. The fourth-order valence-electron chi connectivity index (χ4n) is 4.99. The molecule has 3 aliphatic rings. The highest BCUT2D eigenvalue weighted by atomic mass is 16.5. The van der Waals surface area contributed by atoms with E-state index in [1.54, 1.807) is 0 Å². The average Bonchev–Trinajstić information content (AvgIpc) is 3.10. The molecule has 30 heavy (non-hydrogen) atoms. The minimum atomic E-state index is -0.0703. The van der Waals surface area contributed by atoms with E-state index in [1.807, 2.05) is 43.0 Å². The number of hydrogen-bond donors (Lipinski definition) is 0. The predicted molar refractivity (Wildman–Crippen MR) is 115 cm³/mol. The third-order valence-electron chi connectivity index (χ3n) is 6.78. The lowest BCUT2D eigenvalue weighted by Gasteiger charge is -2.41. The standard InChI is InChI=1S/C24H32N2O4/c1-16-14-26(15-17(2)28-16)24(27)23-12-18-6-7-21(13-22(18)30-23)29-20-8-10-25(11-9-20)19-4-3-5-19/h6-7,12-13,16-17,19-20H,3-5,8-11,14-15H2,1-2H3. The first kappa shape index (κ1) is 19.9. The van der Waals surface area contributed by atoms with Gasteiger partial charge in [-0.1, -0.05) is 6.42 Å². The van der Waals surface area contributed by atoms with E-state index < -0.39 is 0 Å². The van der Waals surface area contributed by atoms with Crippen molar-refractivity contribution in [1.82, 2.24) is 9.80 Å². The molecule has 2 aliphatic heterocycles. The Bertz CT molecular complexity index is 888. The Kier molecular flexibility index (Phi) is 5.46. The number of likely N-dealkylation sites (tertiary alicyclic amines) is 1. The second kappa shape index (κ2) is 8.23. The van der Waals surface area contributed by atoms with Crippen LogP contribution in [-0.2, 0) is 4.74 Å². The number of furan rings is 1. The Morgan fingerprint density at radius 2 is 1.77 bits per heavy atom. The summed E-state index contributed by atoms with van der Waals surface area (Å²) in [5.41, 5.74) is 0.706. The van der Waals surface area contributed by atoms with E-state index in [4.69, 9.17) is 13.9 Å². The van der Waals surface area contributed by atoms with Gasteiger partial charge in [0, 0.05) is 43.7 Å². The van der Waals surface area contributed by atoms with Gasteiger partial charge in [0.25, 0.3) is 5.91 Å². The number of ether oxygens (including phenoxy) is 2. The molecule has 3 heterocycles. The molecule has 1 aliphatic carbocycles. The molecule has 1 aromatic heterocycles. The third kappa shape index (κ3) is 4.08. The van der Waals surface area contributed by atoms with Crippen molar-refractivity contribution in [1.29, 1.82) is 0 Å². The van der Waals surface area contributed by atoms with Gasteiger partial charge in [-0.15, -0.1) is 0 Å². The number of fused-ring (bicyclic) bond motifs is 1. The first-order valence-electron chi connectivity index (χ1n) is 11.4. The summed E-state index contributed by atoms with van der Waals surface area (Å²) in [6.45, 7) is 7.44. The third-order valence-corrected chi connectivity index (χ3v) is 6.78. The zero-order chi connectivity index (χ0) is 20.7. The van der Waals surface area contributed by atoms with E-state index in [0.717, 1.165) is 43.1 Å². The minimum Gasteiger partial charge on any atom is -0.490 e. The second-order valence-corrected chi connectivity index (χ2v) is 9.22. The van der Waals surface area contributed by atoms with Crippen LogP contribution in [0.3, 0.4) is 0 Å². The molecule has 1 amide bonds. The van der Waals surface area contributed by atoms with Crippen molar-refractivity contribution in [2.24, 2.45) is 0 Å².